The molecule has 5 aromatic carbocycles. The molecule has 1 unspecified atom stereocenters. The number of methoxy groups -OCH3 is 1. The molecular formula is C42H42N6O4S2. The number of para-hydroxylation sites is 2. The summed E-state index contributed by atoms with van der Waals surface area (Å²) >= 11 is 1.73. The molecule has 3 heterocycles. The smallest absolute Gasteiger partial charge is 0.197 e. The summed E-state index contributed by atoms with van der Waals surface area (Å²) in [5, 5.41) is 1.35. The van der Waals surface area contributed by atoms with E-state index in [0.29, 0.717) is 33.1 Å². The van der Waals surface area contributed by atoms with Gasteiger partial charge in [-0.2, -0.15) is 0 Å². The van der Waals surface area contributed by atoms with Crippen LogP contribution in [-0.4, -0.2) is 77.4 Å². The summed E-state index contributed by atoms with van der Waals surface area (Å²) in [5.41, 5.74) is 9.23. The van der Waals surface area contributed by atoms with Gasteiger partial charge in [0.15, 0.2) is 16.1 Å². The average molecular weight is 759 g/mol. The summed E-state index contributed by atoms with van der Waals surface area (Å²) in [6.07, 6.45) is 0. The topological polar surface area (TPSA) is 116 Å². The zero-order valence-electron chi connectivity index (χ0n) is 30.5. The highest BCUT2D eigenvalue weighted by Crippen LogP contribution is 2.30. The second-order valence-corrected chi connectivity index (χ2v) is 15.3. The van der Waals surface area contributed by atoms with Crippen molar-refractivity contribution in [2.75, 3.05) is 57.3 Å². The molecule has 7 aromatic rings. The number of morpholine rings is 1. The minimum Gasteiger partial charge on any atom is -0.497 e. The molecule has 2 aromatic heterocycles. The van der Waals surface area contributed by atoms with Crippen LogP contribution in [0.2, 0.25) is 0 Å². The molecule has 0 spiro atoms. The molecule has 8 rings (SSSR count). The number of rotatable bonds is 11. The van der Waals surface area contributed by atoms with E-state index in [1.807, 2.05) is 79.7 Å². The zero-order valence-corrected chi connectivity index (χ0v) is 32.1. The lowest BCUT2D eigenvalue weighted by molar-refractivity contribution is 0.103. The number of carbonyl (C=O) groups is 1. The number of fused-ring (bicyclic) bond motifs is 2. The van der Waals surface area contributed by atoms with Crippen molar-refractivity contribution >= 4 is 61.8 Å². The number of imidazole rings is 2. The third-order valence-corrected chi connectivity index (χ3v) is 11.2. The van der Waals surface area contributed by atoms with Crippen LogP contribution in [0, 0.1) is 0 Å². The number of ether oxygens (including phenoxy) is 2. The fourth-order valence-electron chi connectivity index (χ4n) is 6.32. The van der Waals surface area contributed by atoms with Gasteiger partial charge in [-0.25, -0.2) is 9.97 Å². The highest BCUT2D eigenvalue weighted by Gasteiger charge is 2.17. The lowest BCUT2D eigenvalue weighted by Gasteiger charge is -2.30. The Morgan fingerprint density at radius 1 is 0.815 bits per heavy atom. The van der Waals surface area contributed by atoms with E-state index in [0.717, 1.165) is 65.2 Å². The van der Waals surface area contributed by atoms with Crippen molar-refractivity contribution in [1.29, 1.82) is 0 Å². The van der Waals surface area contributed by atoms with Gasteiger partial charge < -0.3 is 29.2 Å². The number of hydrogen-bond donors (Lipinski definition) is 2. The van der Waals surface area contributed by atoms with Crippen molar-refractivity contribution in [2.24, 2.45) is 0 Å². The highest BCUT2D eigenvalue weighted by molar-refractivity contribution is 7.98. The van der Waals surface area contributed by atoms with Crippen LogP contribution in [0.5, 0.6) is 5.75 Å². The molecule has 1 fully saturated rings. The minimum atomic E-state index is -1.33. The second-order valence-electron chi connectivity index (χ2n) is 12.9. The molecule has 54 heavy (non-hydrogen) atoms. The van der Waals surface area contributed by atoms with Gasteiger partial charge in [0.05, 0.1) is 58.9 Å². The van der Waals surface area contributed by atoms with E-state index in [1.165, 1.54) is 11.3 Å². The first kappa shape index (κ1) is 36.9. The summed E-state index contributed by atoms with van der Waals surface area (Å²) in [4.78, 5) is 32.7. The Morgan fingerprint density at radius 2 is 1.50 bits per heavy atom. The number of aromatic nitrogens is 4. The van der Waals surface area contributed by atoms with Crippen molar-refractivity contribution in [3.8, 4) is 5.75 Å². The van der Waals surface area contributed by atoms with Crippen molar-refractivity contribution in [1.82, 2.24) is 19.9 Å². The number of nitrogens with zero attached hydrogens (tertiary/aromatic N) is 4. The Kier molecular flexibility index (Phi) is 11.7. The van der Waals surface area contributed by atoms with E-state index in [-0.39, 0.29) is 5.78 Å². The highest BCUT2D eigenvalue weighted by atomic mass is 32.2. The van der Waals surface area contributed by atoms with Gasteiger partial charge in [0, 0.05) is 61.5 Å². The van der Waals surface area contributed by atoms with Crippen molar-refractivity contribution in [2.45, 2.75) is 21.8 Å². The van der Waals surface area contributed by atoms with E-state index in [9.17, 15) is 9.00 Å². The molecule has 0 saturated carbocycles. The van der Waals surface area contributed by atoms with Gasteiger partial charge in [-0.1, -0.05) is 78.5 Å². The van der Waals surface area contributed by atoms with E-state index in [4.69, 9.17) is 9.47 Å². The van der Waals surface area contributed by atoms with E-state index in [1.54, 1.807) is 49.2 Å². The summed E-state index contributed by atoms with van der Waals surface area (Å²) < 4.78 is 23.7. The fraction of sp³-hybridized carbons (Fsp3) is 0.214. The first-order chi connectivity index (χ1) is 26.4. The molecule has 12 heteroatoms. The molecule has 0 radical (unpaired) electrons. The molecule has 0 aliphatic carbocycles. The van der Waals surface area contributed by atoms with Crippen LogP contribution in [0.25, 0.3) is 22.1 Å². The zero-order chi connectivity index (χ0) is 37.4. The normalized spacial score (nSPS) is 13.4. The van der Waals surface area contributed by atoms with Crippen LogP contribution >= 0.6 is 11.8 Å². The Labute approximate surface area is 321 Å². The van der Waals surface area contributed by atoms with Crippen LogP contribution < -0.4 is 14.5 Å². The monoisotopic (exact) mass is 758 g/mol. The Bertz CT molecular complexity index is 2390. The number of benzene rings is 5. The molecule has 1 aliphatic heterocycles. The number of carbonyl (C=O) groups excluding carboxylic acids is 1. The van der Waals surface area contributed by atoms with Crippen LogP contribution in [0.4, 0.5) is 11.4 Å². The van der Waals surface area contributed by atoms with Crippen LogP contribution in [0.1, 0.15) is 27.0 Å². The van der Waals surface area contributed by atoms with Gasteiger partial charge in [0.2, 0.25) is 0 Å². The minimum absolute atomic E-state index is 0.0512. The van der Waals surface area contributed by atoms with E-state index >= 15 is 0 Å². The number of hydrogen-bond acceptors (Lipinski definition) is 9. The van der Waals surface area contributed by atoms with Gasteiger partial charge in [0.1, 0.15) is 5.75 Å². The quantitative estimate of drug-likeness (QED) is 0.100. The third kappa shape index (κ3) is 8.68. The Morgan fingerprint density at radius 3 is 2.28 bits per heavy atom. The standard InChI is InChI=1S/C23H21N3O2S.C19H21N3O2S/c1-26(2)21-11-7-6-10-18(21)15-29(28)23-24-19-13-12-17(14-20(19)25-23)22(27)16-8-4-3-5-9-16;1-23-15-6-7-16-17(12-15)21-19(20-16)25-13-14-4-2-3-5-18(14)22-8-10-24-11-9-22/h3-14H,15H2,1-2H3,(H,24,25);2-7,12H,8-11,13H2,1H3,(H,20,21). The maximum Gasteiger partial charge on any atom is 0.197 e. The Balaban J connectivity index is 0.000000168. The third-order valence-electron chi connectivity index (χ3n) is 9.11. The lowest BCUT2D eigenvalue weighted by Crippen LogP contribution is -2.36. The van der Waals surface area contributed by atoms with Crippen LogP contribution in [0.3, 0.4) is 0 Å². The molecule has 10 nitrogen and oxygen atoms in total. The first-order valence-electron chi connectivity index (χ1n) is 17.7. The van der Waals surface area contributed by atoms with E-state index in [2.05, 4.69) is 49.1 Å². The summed E-state index contributed by atoms with van der Waals surface area (Å²) in [7, 11) is 4.28. The number of anilines is 2. The maximum atomic E-state index is 12.9. The predicted octanol–water partition coefficient (Wildman–Crippen LogP) is 7.87. The molecule has 1 saturated heterocycles. The second kappa shape index (κ2) is 17.1. The predicted molar refractivity (Wildman–Crippen MR) is 219 cm³/mol. The SMILES string of the molecule is CN(C)c1ccccc1CS(=O)c1nc2ccc(C(=O)c3ccccc3)cc2[nH]1.COc1ccc2nc(SCc3ccccc3N3CCOCC3)[nH]c2c1. The number of ketones is 1. The summed E-state index contributed by atoms with van der Waals surface area (Å²) in [6.45, 7) is 3.50. The van der Waals surface area contributed by atoms with Crippen molar-refractivity contribution in [3.05, 3.63) is 138 Å². The van der Waals surface area contributed by atoms with Gasteiger partial charge in [-0.15, -0.1) is 0 Å². The maximum absolute atomic E-state index is 12.9. The molecule has 0 amide bonds. The van der Waals surface area contributed by atoms with Crippen LogP contribution in [-0.2, 0) is 27.0 Å². The number of H-pyrrole nitrogens is 2. The molecular weight excluding hydrogens is 717 g/mol. The van der Waals surface area contributed by atoms with Crippen molar-refractivity contribution in [3.63, 3.8) is 0 Å². The molecule has 1 aliphatic rings. The van der Waals surface area contributed by atoms with E-state index < -0.39 is 10.8 Å². The van der Waals surface area contributed by atoms with Gasteiger partial charge in [-0.3, -0.25) is 9.00 Å². The van der Waals surface area contributed by atoms with Gasteiger partial charge in [-0.05, 0) is 53.6 Å². The van der Waals surface area contributed by atoms with Gasteiger partial charge >= 0.3 is 0 Å². The number of aromatic amines is 2. The lowest BCUT2D eigenvalue weighted by atomic mass is 10.0. The average Bonchev–Trinajstić information content (AvgIpc) is 3.84. The number of thioether (sulfide) groups is 1. The van der Waals surface area contributed by atoms with Gasteiger partial charge in [0.25, 0.3) is 0 Å². The largest absolute Gasteiger partial charge is 0.497 e. The summed E-state index contributed by atoms with van der Waals surface area (Å²) in [5.74, 6) is 2.03. The molecule has 2 N–H and O–H groups in total. The molecule has 1 atom stereocenters. The van der Waals surface area contributed by atoms with Crippen molar-refractivity contribution < 1.29 is 18.5 Å². The molecule has 0 bridgehead atoms. The summed E-state index contributed by atoms with van der Waals surface area (Å²) in [6, 6.07) is 36.9. The molecule has 276 valence electrons. The Hall–Kier alpha value is -5.43. The van der Waals surface area contributed by atoms with Crippen LogP contribution in [0.15, 0.2) is 126 Å². The first-order valence-corrected chi connectivity index (χ1v) is 20.0. The fourth-order valence-corrected chi connectivity index (χ4v) is 8.29. The number of nitrogens with one attached hydrogen (secondary N) is 2.